The van der Waals surface area contributed by atoms with Gasteiger partial charge in [0.15, 0.2) is 5.41 Å². The molecule has 2 fully saturated rings. The number of furan rings is 1. The van der Waals surface area contributed by atoms with Crippen LogP contribution in [0.2, 0.25) is 0 Å². The van der Waals surface area contributed by atoms with Gasteiger partial charge in [-0.05, 0) is 17.7 Å². The van der Waals surface area contributed by atoms with Gasteiger partial charge in [-0.25, -0.2) is 0 Å². The topological polar surface area (TPSA) is 82.8 Å². The molecule has 27 heavy (non-hydrogen) atoms. The van der Waals surface area contributed by atoms with Crippen molar-refractivity contribution >= 4 is 17.7 Å². The maximum atomic E-state index is 13.3. The zero-order chi connectivity index (χ0) is 19.2. The first kappa shape index (κ1) is 17.5. The molecule has 4 rings (SSSR count). The largest absolute Gasteiger partial charge is 0.469 e. The highest BCUT2D eigenvalue weighted by molar-refractivity contribution is 6.06. The molecule has 0 bridgehead atoms. The summed E-state index contributed by atoms with van der Waals surface area (Å²) in [4.78, 5) is 39.2. The molecule has 0 amide bonds. The Balaban J connectivity index is 1.93. The Labute approximate surface area is 156 Å². The molecule has 2 aromatic rings. The highest BCUT2D eigenvalue weighted by atomic mass is 16.7. The summed E-state index contributed by atoms with van der Waals surface area (Å²) in [5.41, 5.74) is -0.946. The summed E-state index contributed by atoms with van der Waals surface area (Å²) in [5.74, 6) is -3.81. The SMILES string of the molecule is CC1(C)OC(=O)C2(C(=O)O1)[C@@H](c1ccco1)CC(=O)C[C@H]2c1ccccc1. The van der Waals surface area contributed by atoms with E-state index in [0.29, 0.717) is 5.76 Å². The van der Waals surface area contributed by atoms with Gasteiger partial charge in [-0.2, -0.15) is 0 Å². The van der Waals surface area contributed by atoms with Gasteiger partial charge in [-0.1, -0.05) is 30.3 Å². The predicted octanol–water partition coefficient (Wildman–Crippen LogP) is 3.33. The summed E-state index contributed by atoms with van der Waals surface area (Å²) >= 11 is 0. The molecule has 1 aromatic heterocycles. The number of rotatable bonds is 2. The third-order valence-corrected chi connectivity index (χ3v) is 5.40. The number of hydrogen-bond donors (Lipinski definition) is 0. The first-order valence-electron chi connectivity index (χ1n) is 8.91. The highest BCUT2D eigenvalue weighted by Crippen LogP contribution is 2.57. The van der Waals surface area contributed by atoms with Crippen molar-refractivity contribution in [2.45, 2.75) is 44.3 Å². The fraction of sp³-hybridized carbons (Fsp3) is 0.381. The lowest BCUT2D eigenvalue weighted by molar-refractivity contribution is -0.256. The second-order valence-corrected chi connectivity index (χ2v) is 7.53. The second kappa shape index (κ2) is 6.08. The van der Waals surface area contributed by atoms with Crippen molar-refractivity contribution in [1.82, 2.24) is 0 Å². The van der Waals surface area contributed by atoms with Gasteiger partial charge in [-0.3, -0.25) is 14.4 Å². The van der Waals surface area contributed by atoms with E-state index in [1.165, 1.54) is 20.1 Å². The van der Waals surface area contributed by atoms with Gasteiger partial charge < -0.3 is 13.9 Å². The number of carbonyl (C=O) groups excluding carboxylic acids is 3. The van der Waals surface area contributed by atoms with Crippen LogP contribution < -0.4 is 0 Å². The third kappa shape index (κ3) is 2.67. The molecule has 1 aromatic carbocycles. The summed E-state index contributed by atoms with van der Waals surface area (Å²) < 4.78 is 16.5. The van der Waals surface area contributed by atoms with E-state index < -0.39 is 35.0 Å². The molecular weight excluding hydrogens is 348 g/mol. The minimum Gasteiger partial charge on any atom is -0.469 e. The van der Waals surface area contributed by atoms with Crippen molar-refractivity contribution < 1.29 is 28.3 Å². The number of ether oxygens (including phenoxy) is 2. The summed E-state index contributed by atoms with van der Waals surface area (Å²) in [5, 5.41) is 0. The van der Waals surface area contributed by atoms with Crippen LogP contribution in [0.15, 0.2) is 53.1 Å². The number of benzene rings is 1. The molecule has 1 aliphatic carbocycles. The lowest BCUT2D eigenvalue weighted by Crippen LogP contribution is -2.61. The maximum Gasteiger partial charge on any atom is 0.328 e. The highest BCUT2D eigenvalue weighted by Gasteiger charge is 2.68. The molecule has 1 aliphatic heterocycles. The van der Waals surface area contributed by atoms with Crippen LogP contribution in [0.3, 0.4) is 0 Å². The average molecular weight is 368 g/mol. The Kier molecular flexibility index (Phi) is 3.94. The minimum absolute atomic E-state index is 0.0154. The van der Waals surface area contributed by atoms with Crippen LogP contribution >= 0.6 is 0 Å². The zero-order valence-corrected chi connectivity index (χ0v) is 15.1. The first-order chi connectivity index (χ1) is 12.8. The molecule has 0 unspecified atom stereocenters. The summed E-state index contributed by atoms with van der Waals surface area (Å²) in [7, 11) is 0. The smallest absolute Gasteiger partial charge is 0.328 e. The maximum absolute atomic E-state index is 13.3. The van der Waals surface area contributed by atoms with E-state index in [2.05, 4.69) is 0 Å². The zero-order valence-electron chi connectivity index (χ0n) is 15.1. The van der Waals surface area contributed by atoms with Gasteiger partial charge in [0.05, 0.1) is 12.2 Å². The van der Waals surface area contributed by atoms with Crippen molar-refractivity contribution in [3.63, 3.8) is 0 Å². The average Bonchev–Trinajstić information content (AvgIpc) is 3.14. The molecular formula is C21H20O6. The van der Waals surface area contributed by atoms with Crippen LogP contribution in [-0.4, -0.2) is 23.5 Å². The number of cyclic esters (lactones) is 2. The normalized spacial score (nSPS) is 26.5. The Morgan fingerprint density at radius 3 is 2.07 bits per heavy atom. The van der Waals surface area contributed by atoms with Gasteiger partial charge >= 0.3 is 11.9 Å². The Morgan fingerprint density at radius 1 is 0.852 bits per heavy atom. The lowest BCUT2D eigenvalue weighted by atomic mass is 9.56. The molecule has 0 radical (unpaired) electrons. The molecule has 1 saturated carbocycles. The Hall–Kier alpha value is -2.89. The first-order valence-corrected chi connectivity index (χ1v) is 8.91. The van der Waals surface area contributed by atoms with Crippen LogP contribution in [-0.2, 0) is 23.9 Å². The van der Waals surface area contributed by atoms with Crippen molar-refractivity contribution in [3.05, 3.63) is 60.1 Å². The van der Waals surface area contributed by atoms with E-state index in [1.54, 1.807) is 12.1 Å². The molecule has 6 heteroatoms. The van der Waals surface area contributed by atoms with Crippen LogP contribution in [0.5, 0.6) is 0 Å². The van der Waals surface area contributed by atoms with Crippen LogP contribution in [0, 0.1) is 5.41 Å². The fourth-order valence-electron chi connectivity index (χ4n) is 4.27. The predicted molar refractivity (Wildman–Crippen MR) is 93.6 cm³/mol. The molecule has 2 aliphatic rings. The van der Waals surface area contributed by atoms with E-state index in [4.69, 9.17) is 13.9 Å². The van der Waals surface area contributed by atoms with Gasteiger partial charge in [0.1, 0.15) is 11.5 Å². The fourth-order valence-corrected chi connectivity index (χ4v) is 4.27. The number of esters is 2. The van der Waals surface area contributed by atoms with Crippen LogP contribution in [0.25, 0.3) is 0 Å². The summed E-state index contributed by atoms with van der Waals surface area (Å²) in [6.45, 7) is 3.03. The lowest BCUT2D eigenvalue weighted by Gasteiger charge is -2.49. The summed E-state index contributed by atoms with van der Waals surface area (Å²) in [6, 6.07) is 12.4. The number of carbonyl (C=O) groups is 3. The molecule has 1 spiro atoms. The van der Waals surface area contributed by atoms with Gasteiger partial charge in [0.25, 0.3) is 5.79 Å². The number of ketones is 1. The van der Waals surface area contributed by atoms with E-state index >= 15 is 0 Å². The third-order valence-electron chi connectivity index (χ3n) is 5.40. The molecule has 6 nitrogen and oxygen atoms in total. The molecule has 0 N–H and O–H groups in total. The van der Waals surface area contributed by atoms with Crippen molar-refractivity contribution in [3.8, 4) is 0 Å². The molecule has 140 valence electrons. The van der Waals surface area contributed by atoms with Gasteiger partial charge in [0.2, 0.25) is 0 Å². The van der Waals surface area contributed by atoms with E-state index in [9.17, 15) is 14.4 Å². The Bertz CT molecular complexity index is 861. The van der Waals surface area contributed by atoms with Crippen LogP contribution in [0.1, 0.15) is 49.8 Å². The van der Waals surface area contributed by atoms with Crippen molar-refractivity contribution in [1.29, 1.82) is 0 Å². The minimum atomic E-state index is -1.66. The Morgan fingerprint density at radius 2 is 1.48 bits per heavy atom. The standard InChI is InChI=1S/C21H20O6/c1-20(2)26-18(23)21(19(24)27-20)15(13-7-4-3-5-8-13)11-14(22)12-16(21)17-9-6-10-25-17/h3-10,15-16H,11-12H2,1-2H3/t15-,16+/m0/s1. The van der Waals surface area contributed by atoms with Crippen molar-refractivity contribution in [2.24, 2.45) is 5.41 Å². The van der Waals surface area contributed by atoms with E-state index in [1.807, 2.05) is 30.3 Å². The molecule has 2 heterocycles. The number of Topliss-reactive ketones (excluding diaryl/α,β-unsaturated/α-hetero) is 1. The van der Waals surface area contributed by atoms with E-state index in [-0.39, 0.29) is 18.6 Å². The van der Waals surface area contributed by atoms with Crippen LogP contribution in [0.4, 0.5) is 0 Å². The second-order valence-electron chi connectivity index (χ2n) is 7.53. The van der Waals surface area contributed by atoms with E-state index in [0.717, 1.165) is 5.56 Å². The number of hydrogen-bond acceptors (Lipinski definition) is 6. The van der Waals surface area contributed by atoms with Gasteiger partial charge in [-0.15, -0.1) is 0 Å². The quantitative estimate of drug-likeness (QED) is 0.597. The monoisotopic (exact) mass is 368 g/mol. The summed E-state index contributed by atoms with van der Waals surface area (Å²) in [6.07, 6.45) is 1.54. The van der Waals surface area contributed by atoms with Gasteiger partial charge in [0, 0.05) is 32.6 Å². The molecule has 1 saturated heterocycles. The molecule has 2 atom stereocenters. The van der Waals surface area contributed by atoms with Crippen molar-refractivity contribution in [2.75, 3.05) is 0 Å².